The highest BCUT2D eigenvalue weighted by molar-refractivity contribution is 6.04. The average Bonchev–Trinajstić information content (AvgIpc) is 2.64. The highest BCUT2D eigenvalue weighted by atomic mass is 16.2. The van der Waals surface area contributed by atoms with Crippen LogP contribution >= 0.6 is 0 Å². The number of piperazine rings is 1. The van der Waals surface area contributed by atoms with Gasteiger partial charge in [-0.1, -0.05) is 42.5 Å². The summed E-state index contributed by atoms with van der Waals surface area (Å²) >= 11 is 0. The van der Waals surface area contributed by atoms with Crippen molar-refractivity contribution in [2.24, 2.45) is 0 Å². The number of hydrogen-bond acceptors (Lipinski definition) is 4. The second kappa shape index (κ2) is 8.74. The van der Waals surface area contributed by atoms with E-state index in [1.807, 2.05) is 12.1 Å². The molecule has 1 amide bonds. The molecule has 1 aliphatic heterocycles. The Morgan fingerprint density at radius 2 is 1.50 bits per heavy atom. The van der Waals surface area contributed by atoms with Gasteiger partial charge < -0.3 is 5.32 Å². The molecule has 0 bridgehead atoms. The van der Waals surface area contributed by atoms with Crippen molar-refractivity contribution >= 4 is 17.4 Å². The first-order valence-electron chi connectivity index (χ1n) is 9.00. The van der Waals surface area contributed by atoms with E-state index in [4.69, 9.17) is 0 Å². The largest absolute Gasteiger partial charge is 0.324 e. The van der Waals surface area contributed by atoms with Gasteiger partial charge in [0.05, 0.1) is 12.2 Å². The van der Waals surface area contributed by atoms with Crippen molar-refractivity contribution in [1.82, 2.24) is 9.80 Å². The minimum absolute atomic E-state index is 0.0459. The Kier molecular flexibility index (Phi) is 6.15. The Morgan fingerprint density at radius 3 is 2.19 bits per heavy atom. The quantitative estimate of drug-likeness (QED) is 0.813. The second-order valence-electron chi connectivity index (χ2n) is 6.69. The maximum absolute atomic E-state index is 12.4. The molecule has 136 valence electrons. The zero-order valence-corrected chi connectivity index (χ0v) is 15.1. The minimum atomic E-state index is -0.0739. The van der Waals surface area contributed by atoms with Gasteiger partial charge in [-0.15, -0.1) is 0 Å². The number of rotatable bonds is 6. The molecular weight excluding hydrogens is 326 g/mol. The van der Waals surface area contributed by atoms with Crippen molar-refractivity contribution < 1.29 is 9.59 Å². The molecule has 0 unspecified atom stereocenters. The number of Topliss-reactive ketones (excluding diaryl/α,β-unsaturated/α-hetero) is 1. The summed E-state index contributed by atoms with van der Waals surface area (Å²) in [6.45, 7) is 6.46. The first kappa shape index (κ1) is 18.3. The van der Waals surface area contributed by atoms with Crippen LogP contribution in [0.2, 0.25) is 0 Å². The fraction of sp³-hybridized carbons (Fsp3) is 0.333. The molecule has 0 spiro atoms. The summed E-state index contributed by atoms with van der Waals surface area (Å²) in [5.74, 6) is -0.120. The van der Waals surface area contributed by atoms with Gasteiger partial charge in [0.15, 0.2) is 5.78 Å². The van der Waals surface area contributed by atoms with E-state index in [1.54, 1.807) is 18.2 Å². The molecular formula is C21H25N3O2. The van der Waals surface area contributed by atoms with Crippen molar-refractivity contribution in [2.75, 3.05) is 38.0 Å². The molecule has 0 atom stereocenters. The first-order chi connectivity index (χ1) is 12.6. The maximum atomic E-state index is 12.4. The van der Waals surface area contributed by atoms with Gasteiger partial charge in [-0.05, 0) is 24.6 Å². The highest BCUT2D eigenvalue weighted by Gasteiger charge is 2.19. The van der Waals surface area contributed by atoms with Crippen molar-refractivity contribution in [3.63, 3.8) is 0 Å². The van der Waals surface area contributed by atoms with E-state index in [1.165, 1.54) is 12.5 Å². The number of para-hydroxylation sites is 1. The van der Waals surface area contributed by atoms with Gasteiger partial charge in [0, 0.05) is 38.3 Å². The number of amides is 1. The van der Waals surface area contributed by atoms with Crippen LogP contribution in [0.15, 0.2) is 54.6 Å². The lowest BCUT2D eigenvalue weighted by molar-refractivity contribution is -0.117. The second-order valence-corrected chi connectivity index (χ2v) is 6.69. The topological polar surface area (TPSA) is 52.7 Å². The van der Waals surface area contributed by atoms with Crippen LogP contribution in [0, 0.1) is 0 Å². The minimum Gasteiger partial charge on any atom is -0.324 e. The molecule has 2 aromatic carbocycles. The molecule has 1 fully saturated rings. The Hall–Kier alpha value is -2.50. The number of ketones is 1. The summed E-state index contributed by atoms with van der Waals surface area (Å²) in [6.07, 6.45) is 0. The van der Waals surface area contributed by atoms with Crippen LogP contribution in [0.1, 0.15) is 22.8 Å². The van der Waals surface area contributed by atoms with Gasteiger partial charge in [-0.25, -0.2) is 0 Å². The molecule has 5 heteroatoms. The molecule has 1 aliphatic rings. The lowest BCUT2D eigenvalue weighted by Crippen LogP contribution is -2.48. The smallest absolute Gasteiger partial charge is 0.238 e. The Balaban J connectivity index is 1.47. The molecule has 5 nitrogen and oxygen atoms in total. The van der Waals surface area contributed by atoms with Gasteiger partial charge in [-0.2, -0.15) is 0 Å². The number of nitrogens with zero attached hydrogens (tertiary/aromatic N) is 2. The van der Waals surface area contributed by atoms with Crippen LogP contribution in [0.25, 0.3) is 0 Å². The van der Waals surface area contributed by atoms with E-state index >= 15 is 0 Å². The zero-order valence-electron chi connectivity index (χ0n) is 15.1. The highest BCUT2D eigenvalue weighted by Crippen LogP contribution is 2.16. The summed E-state index contributed by atoms with van der Waals surface area (Å²) < 4.78 is 0. The van der Waals surface area contributed by atoms with Crippen molar-refractivity contribution in [3.8, 4) is 0 Å². The molecule has 1 heterocycles. The van der Waals surface area contributed by atoms with Crippen LogP contribution in [-0.4, -0.2) is 54.2 Å². The van der Waals surface area contributed by atoms with Gasteiger partial charge in [0.1, 0.15) is 0 Å². The summed E-state index contributed by atoms with van der Waals surface area (Å²) in [7, 11) is 0. The summed E-state index contributed by atoms with van der Waals surface area (Å²) in [4.78, 5) is 28.6. The number of hydrogen-bond donors (Lipinski definition) is 1. The first-order valence-corrected chi connectivity index (χ1v) is 9.00. The van der Waals surface area contributed by atoms with Crippen LogP contribution in [0.4, 0.5) is 5.69 Å². The molecule has 3 rings (SSSR count). The van der Waals surface area contributed by atoms with Crippen molar-refractivity contribution in [1.29, 1.82) is 0 Å². The third kappa shape index (κ3) is 5.00. The number of carbonyl (C=O) groups is 2. The summed E-state index contributed by atoms with van der Waals surface area (Å²) in [6, 6.07) is 17.6. The Morgan fingerprint density at radius 1 is 0.885 bits per heavy atom. The normalized spacial score (nSPS) is 15.6. The fourth-order valence-corrected chi connectivity index (χ4v) is 3.24. The monoisotopic (exact) mass is 351 g/mol. The van der Waals surface area contributed by atoms with E-state index in [0.29, 0.717) is 17.8 Å². The van der Waals surface area contributed by atoms with E-state index in [9.17, 15) is 9.59 Å². The third-order valence-corrected chi connectivity index (χ3v) is 4.66. The molecule has 1 N–H and O–H groups in total. The van der Waals surface area contributed by atoms with Gasteiger partial charge in [0.25, 0.3) is 0 Å². The molecule has 0 saturated carbocycles. The third-order valence-electron chi connectivity index (χ3n) is 4.66. The standard InChI is InChI=1S/C21H25N3O2/c1-17(25)19-9-5-6-10-20(19)22-21(26)16-24-13-11-23(12-14-24)15-18-7-3-2-4-8-18/h2-10H,11-16H2,1H3,(H,22,26). The van der Waals surface area contributed by atoms with Gasteiger partial charge >= 0.3 is 0 Å². The van der Waals surface area contributed by atoms with Crippen molar-refractivity contribution in [2.45, 2.75) is 13.5 Å². The van der Waals surface area contributed by atoms with Gasteiger partial charge in [-0.3, -0.25) is 19.4 Å². The molecule has 0 aliphatic carbocycles. The van der Waals surface area contributed by atoms with E-state index in [0.717, 1.165) is 32.7 Å². The van der Waals surface area contributed by atoms with Crippen molar-refractivity contribution in [3.05, 3.63) is 65.7 Å². The predicted octanol–water partition coefficient (Wildman–Crippen LogP) is 2.65. The van der Waals surface area contributed by atoms with Crippen LogP contribution in [-0.2, 0) is 11.3 Å². The van der Waals surface area contributed by atoms with E-state index < -0.39 is 0 Å². The average molecular weight is 351 g/mol. The summed E-state index contributed by atoms with van der Waals surface area (Å²) in [5.41, 5.74) is 2.46. The molecule has 0 aromatic heterocycles. The zero-order chi connectivity index (χ0) is 18.4. The molecule has 26 heavy (non-hydrogen) atoms. The van der Waals surface area contributed by atoms with Crippen LogP contribution < -0.4 is 5.32 Å². The van der Waals surface area contributed by atoms with Crippen LogP contribution in [0.5, 0.6) is 0 Å². The number of carbonyl (C=O) groups excluding carboxylic acids is 2. The predicted molar refractivity (Wildman–Crippen MR) is 103 cm³/mol. The van der Waals surface area contributed by atoms with E-state index in [2.05, 4.69) is 39.4 Å². The number of nitrogens with one attached hydrogen (secondary N) is 1. The number of anilines is 1. The van der Waals surface area contributed by atoms with Crippen LogP contribution in [0.3, 0.4) is 0 Å². The van der Waals surface area contributed by atoms with E-state index in [-0.39, 0.29) is 11.7 Å². The lowest BCUT2D eigenvalue weighted by atomic mass is 10.1. The summed E-state index contributed by atoms with van der Waals surface area (Å²) in [5, 5.41) is 2.88. The Bertz CT molecular complexity index is 753. The number of benzene rings is 2. The Labute approximate surface area is 154 Å². The SMILES string of the molecule is CC(=O)c1ccccc1NC(=O)CN1CCN(Cc2ccccc2)CC1. The molecule has 2 aromatic rings. The molecule has 1 saturated heterocycles. The maximum Gasteiger partial charge on any atom is 0.238 e. The fourth-order valence-electron chi connectivity index (χ4n) is 3.24. The molecule has 0 radical (unpaired) electrons. The lowest BCUT2D eigenvalue weighted by Gasteiger charge is -2.34. The van der Waals surface area contributed by atoms with Gasteiger partial charge in [0.2, 0.25) is 5.91 Å².